The fourth-order valence-corrected chi connectivity index (χ4v) is 2.87. The lowest BCUT2D eigenvalue weighted by atomic mass is 10.0. The number of aromatic nitrogens is 1. The lowest BCUT2D eigenvalue weighted by molar-refractivity contribution is 0.0198. The number of nitrogen functional groups attached to an aromatic ring is 1. The van der Waals surface area contributed by atoms with E-state index in [-0.39, 0.29) is 0 Å². The first-order valence-electron chi connectivity index (χ1n) is 7.79. The molecule has 22 heavy (non-hydrogen) atoms. The maximum Gasteiger partial charge on any atom is 0.126 e. The molecule has 1 atom stereocenters. The Kier molecular flexibility index (Phi) is 4.41. The predicted octanol–water partition coefficient (Wildman–Crippen LogP) is 3.03. The van der Waals surface area contributed by atoms with Crippen molar-refractivity contribution in [2.75, 3.05) is 32.0 Å². The van der Waals surface area contributed by atoms with Crippen LogP contribution in [0.4, 0.5) is 5.82 Å². The van der Waals surface area contributed by atoms with Gasteiger partial charge in [0.15, 0.2) is 0 Å². The second kappa shape index (κ2) is 6.46. The largest absolute Gasteiger partial charge is 0.383 e. The summed E-state index contributed by atoms with van der Waals surface area (Å²) < 4.78 is 5.42. The van der Waals surface area contributed by atoms with Crippen LogP contribution in [0.15, 0.2) is 36.5 Å². The van der Waals surface area contributed by atoms with Gasteiger partial charge < -0.3 is 10.5 Å². The number of aryl methyl sites for hydroxylation is 1. The first-order chi connectivity index (χ1) is 10.6. The molecule has 0 bridgehead atoms. The number of hydrogen-bond acceptors (Lipinski definition) is 4. The van der Waals surface area contributed by atoms with Gasteiger partial charge in [-0.3, -0.25) is 4.90 Å². The van der Waals surface area contributed by atoms with Crippen molar-refractivity contribution in [1.82, 2.24) is 9.88 Å². The number of nitrogens with two attached hydrogens (primary N) is 1. The highest BCUT2D eigenvalue weighted by Crippen LogP contribution is 2.26. The molecule has 1 aromatic carbocycles. The van der Waals surface area contributed by atoms with Gasteiger partial charge in [0.2, 0.25) is 0 Å². The first-order valence-corrected chi connectivity index (χ1v) is 7.79. The van der Waals surface area contributed by atoms with Gasteiger partial charge in [0, 0.05) is 30.9 Å². The summed E-state index contributed by atoms with van der Waals surface area (Å²) in [5.74, 6) is 0.598. The van der Waals surface area contributed by atoms with Crippen LogP contribution in [0.2, 0.25) is 0 Å². The average Bonchev–Trinajstić information content (AvgIpc) is 2.58. The minimum Gasteiger partial charge on any atom is -0.383 e. The molecule has 4 heteroatoms. The molecule has 4 nitrogen and oxygen atoms in total. The Hall–Kier alpha value is -1.91. The third-order valence-electron chi connectivity index (χ3n) is 4.44. The summed E-state index contributed by atoms with van der Waals surface area (Å²) in [6.07, 6.45) is 1.84. The zero-order chi connectivity index (χ0) is 15.5. The normalized spacial score (nSPS) is 17.4. The highest BCUT2D eigenvalue weighted by atomic mass is 16.5. The molecular formula is C18H23N3O. The molecule has 1 fully saturated rings. The summed E-state index contributed by atoms with van der Waals surface area (Å²) in [5.41, 5.74) is 10.4. The van der Waals surface area contributed by atoms with Gasteiger partial charge in [0.05, 0.1) is 13.2 Å². The van der Waals surface area contributed by atoms with Crippen LogP contribution >= 0.6 is 0 Å². The van der Waals surface area contributed by atoms with Crippen molar-refractivity contribution >= 4 is 5.82 Å². The highest BCUT2D eigenvalue weighted by molar-refractivity contribution is 5.65. The summed E-state index contributed by atoms with van der Waals surface area (Å²) >= 11 is 0. The number of nitrogens with zero attached hydrogens (tertiary/aromatic N) is 2. The van der Waals surface area contributed by atoms with E-state index in [4.69, 9.17) is 10.5 Å². The van der Waals surface area contributed by atoms with E-state index >= 15 is 0 Å². The number of morpholine rings is 1. The fourth-order valence-electron chi connectivity index (χ4n) is 2.87. The van der Waals surface area contributed by atoms with Gasteiger partial charge in [-0.2, -0.15) is 0 Å². The van der Waals surface area contributed by atoms with Crippen LogP contribution in [-0.2, 0) is 4.74 Å². The van der Waals surface area contributed by atoms with Crippen molar-refractivity contribution in [3.8, 4) is 11.1 Å². The van der Waals surface area contributed by atoms with Crippen molar-refractivity contribution in [2.24, 2.45) is 0 Å². The zero-order valence-electron chi connectivity index (χ0n) is 13.2. The minimum atomic E-state index is 0.421. The number of pyridine rings is 1. The molecule has 1 aliphatic heterocycles. The van der Waals surface area contributed by atoms with E-state index < -0.39 is 0 Å². The van der Waals surface area contributed by atoms with Gasteiger partial charge in [-0.05, 0) is 36.6 Å². The minimum absolute atomic E-state index is 0.421. The molecular weight excluding hydrogens is 274 g/mol. The summed E-state index contributed by atoms with van der Waals surface area (Å²) in [6.45, 7) is 7.92. The Morgan fingerprint density at radius 3 is 2.45 bits per heavy atom. The number of hydrogen-bond donors (Lipinski definition) is 1. The van der Waals surface area contributed by atoms with Crippen molar-refractivity contribution in [3.63, 3.8) is 0 Å². The smallest absolute Gasteiger partial charge is 0.126 e. The zero-order valence-corrected chi connectivity index (χ0v) is 13.2. The molecule has 0 aliphatic carbocycles. The molecule has 0 saturated carbocycles. The maximum absolute atomic E-state index is 5.79. The van der Waals surface area contributed by atoms with Gasteiger partial charge in [-0.15, -0.1) is 0 Å². The lowest BCUT2D eigenvalue weighted by Gasteiger charge is -2.32. The van der Waals surface area contributed by atoms with Crippen LogP contribution < -0.4 is 5.73 Å². The second-order valence-electron chi connectivity index (χ2n) is 5.87. The maximum atomic E-state index is 5.79. The monoisotopic (exact) mass is 297 g/mol. The molecule has 1 aromatic heterocycles. The van der Waals surface area contributed by atoms with E-state index in [1.807, 2.05) is 13.1 Å². The van der Waals surface area contributed by atoms with E-state index in [1.54, 1.807) is 0 Å². The third-order valence-corrected chi connectivity index (χ3v) is 4.44. The lowest BCUT2D eigenvalue weighted by Crippen LogP contribution is -2.37. The fraction of sp³-hybridized carbons (Fsp3) is 0.389. The Morgan fingerprint density at radius 1 is 1.14 bits per heavy atom. The van der Waals surface area contributed by atoms with Gasteiger partial charge >= 0.3 is 0 Å². The number of ether oxygens (including phenoxy) is 1. The van der Waals surface area contributed by atoms with Crippen LogP contribution in [0.1, 0.15) is 24.1 Å². The van der Waals surface area contributed by atoms with Gasteiger partial charge in [-0.1, -0.05) is 24.3 Å². The van der Waals surface area contributed by atoms with E-state index in [0.717, 1.165) is 37.4 Å². The highest BCUT2D eigenvalue weighted by Gasteiger charge is 2.18. The van der Waals surface area contributed by atoms with Crippen molar-refractivity contribution in [2.45, 2.75) is 19.9 Å². The Balaban J connectivity index is 1.78. The summed E-state index contributed by atoms with van der Waals surface area (Å²) in [6, 6.07) is 11.3. The quantitative estimate of drug-likeness (QED) is 0.946. The van der Waals surface area contributed by atoms with E-state index in [1.165, 1.54) is 11.1 Å². The SMILES string of the molecule is Cc1cc(-c2ccc([C@@H](C)N3CCOCC3)cc2)cnc1N. The van der Waals surface area contributed by atoms with Crippen LogP contribution in [0.25, 0.3) is 11.1 Å². The standard InChI is InChI=1S/C18H23N3O/c1-13-11-17(12-20-18(13)19)16-5-3-15(4-6-16)14(2)21-7-9-22-10-8-21/h3-6,11-12,14H,7-10H2,1-2H3,(H2,19,20)/t14-/m1/s1. The first kappa shape index (κ1) is 15.0. The topological polar surface area (TPSA) is 51.4 Å². The van der Waals surface area contributed by atoms with Crippen molar-refractivity contribution in [3.05, 3.63) is 47.7 Å². The summed E-state index contributed by atoms with van der Waals surface area (Å²) in [4.78, 5) is 6.71. The summed E-state index contributed by atoms with van der Waals surface area (Å²) in [5, 5.41) is 0. The molecule has 0 amide bonds. The molecule has 3 rings (SSSR count). The Morgan fingerprint density at radius 2 is 1.82 bits per heavy atom. The summed E-state index contributed by atoms with van der Waals surface area (Å²) in [7, 11) is 0. The van der Waals surface area contributed by atoms with Crippen LogP contribution in [-0.4, -0.2) is 36.2 Å². The van der Waals surface area contributed by atoms with Gasteiger partial charge in [0.1, 0.15) is 5.82 Å². The second-order valence-corrected chi connectivity index (χ2v) is 5.87. The van der Waals surface area contributed by atoms with Crippen molar-refractivity contribution in [1.29, 1.82) is 0 Å². The Labute approximate surface area is 131 Å². The molecule has 2 aromatic rings. The molecule has 0 radical (unpaired) electrons. The van der Waals surface area contributed by atoms with E-state index in [9.17, 15) is 0 Å². The average molecular weight is 297 g/mol. The molecule has 1 aliphatic rings. The van der Waals surface area contributed by atoms with Crippen LogP contribution in [0.5, 0.6) is 0 Å². The van der Waals surface area contributed by atoms with E-state index in [0.29, 0.717) is 11.9 Å². The molecule has 116 valence electrons. The molecule has 0 unspecified atom stereocenters. The predicted molar refractivity (Wildman–Crippen MR) is 89.6 cm³/mol. The van der Waals surface area contributed by atoms with Crippen LogP contribution in [0.3, 0.4) is 0 Å². The number of anilines is 1. The van der Waals surface area contributed by atoms with E-state index in [2.05, 4.69) is 47.1 Å². The molecule has 2 N–H and O–H groups in total. The molecule has 0 spiro atoms. The third kappa shape index (κ3) is 3.13. The molecule has 2 heterocycles. The van der Waals surface area contributed by atoms with Crippen molar-refractivity contribution < 1.29 is 4.74 Å². The Bertz CT molecular complexity index is 633. The number of benzene rings is 1. The molecule has 1 saturated heterocycles. The van der Waals surface area contributed by atoms with Gasteiger partial charge in [-0.25, -0.2) is 4.98 Å². The van der Waals surface area contributed by atoms with Gasteiger partial charge in [0.25, 0.3) is 0 Å². The number of rotatable bonds is 3. The van der Waals surface area contributed by atoms with Crippen LogP contribution in [0, 0.1) is 6.92 Å².